The van der Waals surface area contributed by atoms with Crippen LogP contribution >= 0.6 is 0 Å². The predicted molar refractivity (Wildman–Crippen MR) is 106 cm³/mol. The van der Waals surface area contributed by atoms with Gasteiger partial charge in [0.1, 0.15) is 5.82 Å². The number of hydrogen-bond acceptors (Lipinski definition) is 5. The molecule has 1 aliphatic rings. The highest BCUT2D eigenvalue weighted by Crippen LogP contribution is 2.23. The third kappa shape index (κ3) is 3.50. The van der Waals surface area contributed by atoms with Gasteiger partial charge in [-0.25, -0.2) is 9.37 Å². The Morgan fingerprint density at radius 1 is 1.04 bits per heavy atom. The van der Waals surface area contributed by atoms with Crippen LogP contribution in [0.3, 0.4) is 0 Å². The Kier molecular flexibility index (Phi) is 4.53. The number of halogens is 1. The summed E-state index contributed by atoms with van der Waals surface area (Å²) in [5.41, 5.74) is 2.11. The molecule has 0 radical (unpaired) electrons. The van der Waals surface area contributed by atoms with Crippen LogP contribution in [0.5, 0.6) is 0 Å². The molecule has 1 aromatic carbocycles. The summed E-state index contributed by atoms with van der Waals surface area (Å²) in [6, 6.07) is 11.2. The van der Waals surface area contributed by atoms with Gasteiger partial charge >= 0.3 is 0 Å². The van der Waals surface area contributed by atoms with Crippen LogP contribution in [0.1, 0.15) is 0 Å². The number of nitrogens with one attached hydrogen (secondary N) is 1. The van der Waals surface area contributed by atoms with E-state index in [1.165, 1.54) is 16.3 Å². The van der Waals surface area contributed by atoms with E-state index in [1.807, 2.05) is 12.1 Å². The minimum atomic E-state index is -0.771. The van der Waals surface area contributed by atoms with Gasteiger partial charge in [0, 0.05) is 62.3 Å². The van der Waals surface area contributed by atoms with Crippen LogP contribution in [0.4, 0.5) is 21.6 Å². The van der Waals surface area contributed by atoms with Crippen LogP contribution in [0.15, 0.2) is 47.4 Å². The van der Waals surface area contributed by atoms with Gasteiger partial charge in [0.05, 0.1) is 5.52 Å². The van der Waals surface area contributed by atoms with Gasteiger partial charge in [0.25, 0.3) is 5.56 Å². The molecule has 0 unspecified atom stereocenters. The highest BCUT2D eigenvalue weighted by atomic mass is 19.1. The number of fused-ring (bicyclic) bond motifs is 1. The molecule has 3 heterocycles. The molecule has 1 N–H and O–H groups in total. The molecule has 3 aromatic rings. The quantitative estimate of drug-likeness (QED) is 0.771. The Balaban J connectivity index is 1.54. The van der Waals surface area contributed by atoms with Crippen molar-refractivity contribution in [2.45, 2.75) is 0 Å². The van der Waals surface area contributed by atoms with Crippen molar-refractivity contribution in [3.05, 3.63) is 58.8 Å². The molecule has 1 saturated heterocycles. The van der Waals surface area contributed by atoms with Crippen molar-refractivity contribution in [2.24, 2.45) is 7.05 Å². The van der Waals surface area contributed by atoms with E-state index in [1.54, 1.807) is 19.3 Å². The van der Waals surface area contributed by atoms with E-state index in [4.69, 9.17) is 0 Å². The maximum atomic E-state index is 13.6. The number of piperazine rings is 1. The molecule has 27 heavy (non-hydrogen) atoms. The number of nitrogens with zero attached hydrogens (tertiary/aromatic N) is 4. The zero-order valence-electron chi connectivity index (χ0n) is 15.4. The van der Waals surface area contributed by atoms with Crippen molar-refractivity contribution in [3.63, 3.8) is 0 Å². The topological polar surface area (TPSA) is 53.4 Å². The average molecular weight is 367 g/mol. The van der Waals surface area contributed by atoms with Gasteiger partial charge in [-0.15, -0.1) is 0 Å². The third-order valence-electron chi connectivity index (χ3n) is 5.07. The van der Waals surface area contributed by atoms with E-state index in [9.17, 15) is 9.18 Å². The lowest BCUT2D eigenvalue weighted by Crippen LogP contribution is -2.44. The van der Waals surface area contributed by atoms with Crippen molar-refractivity contribution in [1.82, 2.24) is 14.5 Å². The predicted octanol–water partition coefficient (Wildman–Crippen LogP) is 2.57. The first-order valence-electron chi connectivity index (χ1n) is 8.97. The highest BCUT2D eigenvalue weighted by molar-refractivity contribution is 5.81. The van der Waals surface area contributed by atoms with Crippen molar-refractivity contribution < 1.29 is 4.39 Å². The van der Waals surface area contributed by atoms with E-state index in [2.05, 4.69) is 39.3 Å². The lowest BCUT2D eigenvalue weighted by Gasteiger charge is -2.34. The van der Waals surface area contributed by atoms with Gasteiger partial charge in [-0.1, -0.05) is 0 Å². The number of pyridine rings is 2. The summed E-state index contributed by atoms with van der Waals surface area (Å²) in [4.78, 5) is 20.8. The van der Waals surface area contributed by atoms with Crippen LogP contribution in [0.2, 0.25) is 0 Å². The van der Waals surface area contributed by atoms with Crippen LogP contribution in [-0.2, 0) is 7.05 Å². The van der Waals surface area contributed by atoms with Crippen molar-refractivity contribution >= 4 is 28.1 Å². The fourth-order valence-corrected chi connectivity index (χ4v) is 3.36. The second-order valence-corrected chi connectivity index (χ2v) is 6.95. The first-order valence-corrected chi connectivity index (χ1v) is 8.97. The normalized spacial score (nSPS) is 15.3. The zero-order chi connectivity index (χ0) is 19.0. The highest BCUT2D eigenvalue weighted by Gasteiger charge is 2.14. The van der Waals surface area contributed by atoms with E-state index in [0.29, 0.717) is 16.7 Å². The van der Waals surface area contributed by atoms with Crippen molar-refractivity contribution in [2.75, 3.05) is 43.4 Å². The maximum absolute atomic E-state index is 13.6. The Labute approximate surface area is 156 Å². The number of benzene rings is 1. The standard InChI is InChI=1S/C20H22FN5O/c1-24-7-9-26(10-8-24)16-5-3-15(4-6-16)23-19-12-18-14(13-22-19)11-17(21)20(27)25(18)2/h3-6,11-13H,7-10H2,1-2H3,(H,22,23). The van der Waals surface area contributed by atoms with Crippen LogP contribution in [-0.4, -0.2) is 47.7 Å². The zero-order valence-corrected chi connectivity index (χ0v) is 15.4. The van der Waals surface area contributed by atoms with Crippen molar-refractivity contribution in [1.29, 1.82) is 0 Å². The summed E-state index contributed by atoms with van der Waals surface area (Å²) < 4.78 is 14.9. The summed E-state index contributed by atoms with van der Waals surface area (Å²) in [6.45, 7) is 4.20. The maximum Gasteiger partial charge on any atom is 0.286 e. The Morgan fingerprint density at radius 2 is 1.74 bits per heavy atom. The molecule has 0 atom stereocenters. The number of hydrogen-bond donors (Lipinski definition) is 1. The molecule has 4 rings (SSSR count). The Bertz CT molecular complexity index is 1020. The molecule has 7 heteroatoms. The van der Waals surface area contributed by atoms with Gasteiger partial charge in [-0.3, -0.25) is 4.79 Å². The van der Waals surface area contributed by atoms with E-state index >= 15 is 0 Å². The smallest absolute Gasteiger partial charge is 0.286 e. The molecule has 0 bridgehead atoms. The van der Waals surface area contributed by atoms with Gasteiger partial charge < -0.3 is 19.7 Å². The third-order valence-corrected chi connectivity index (χ3v) is 5.07. The van der Waals surface area contributed by atoms with E-state index in [-0.39, 0.29) is 0 Å². The number of anilines is 3. The van der Waals surface area contributed by atoms with E-state index in [0.717, 1.165) is 31.9 Å². The SMILES string of the molecule is CN1CCN(c2ccc(Nc3cc4c(cn3)cc(F)c(=O)n4C)cc2)CC1. The monoisotopic (exact) mass is 367 g/mol. The lowest BCUT2D eigenvalue weighted by molar-refractivity contribution is 0.313. The summed E-state index contributed by atoms with van der Waals surface area (Å²) in [5, 5.41) is 3.84. The second kappa shape index (κ2) is 7.00. The molecule has 2 aromatic heterocycles. The molecule has 6 nitrogen and oxygen atoms in total. The first kappa shape index (κ1) is 17.5. The summed E-state index contributed by atoms with van der Waals surface area (Å²) in [5.74, 6) is -0.163. The van der Waals surface area contributed by atoms with Crippen LogP contribution in [0, 0.1) is 5.82 Å². The molecular weight excluding hydrogens is 345 g/mol. The number of aromatic nitrogens is 2. The summed E-state index contributed by atoms with van der Waals surface area (Å²) in [6.07, 6.45) is 1.57. The minimum absolute atomic E-state index is 0.588. The Hall–Kier alpha value is -2.93. The van der Waals surface area contributed by atoms with Crippen molar-refractivity contribution in [3.8, 4) is 0 Å². The molecule has 0 amide bonds. The number of likely N-dealkylation sites (N-methyl/N-ethyl adjacent to an activating group) is 1. The Morgan fingerprint density at radius 3 is 2.44 bits per heavy atom. The fraction of sp³-hybridized carbons (Fsp3) is 0.300. The average Bonchev–Trinajstić information content (AvgIpc) is 2.68. The first-order chi connectivity index (χ1) is 13.0. The van der Waals surface area contributed by atoms with Gasteiger partial charge in [0.15, 0.2) is 5.82 Å². The molecular formula is C20H22FN5O. The second-order valence-electron chi connectivity index (χ2n) is 6.95. The van der Waals surface area contributed by atoms with Gasteiger partial charge in [-0.05, 0) is 37.4 Å². The number of rotatable bonds is 3. The van der Waals surface area contributed by atoms with Gasteiger partial charge in [0.2, 0.25) is 0 Å². The molecule has 1 fully saturated rings. The molecule has 140 valence electrons. The fourth-order valence-electron chi connectivity index (χ4n) is 3.36. The minimum Gasteiger partial charge on any atom is -0.369 e. The summed E-state index contributed by atoms with van der Waals surface area (Å²) >= 11 is 0. The van der Waals surface area contributed by atoms with Crippen LogP contribution < -0.4 is 15.8 Å². The number of aryl methyl sites for hydroxylation is 1. The lowest BCUT2D eigenvalue weighted by atomic mass is 10.2. The molecule has 1 aliphatic heterocycles. The van der Waals surface area contributed by atoms with E-state index < -0.39 is 11.4 Å². The molecule has 0 aliphatic carbocycles. The molecule has 0 spiro atoms. The summed E-state index contributed by atoms with van der Waals surface area (Å²) in [7, 11) is 3.70. The largest absolute Gasteiger partial charge is 0.369 e. The van der Waals surface area contributed by atoms with Gasteiger partial charge in [-0.2, -0.15) is 0 Å². The molecule has 0 saturated carbocycles. The van der Waals surface area contributed by atoms with Crippen LogP contribution in [0.25, 0.3) is 10.9 Å².